The van der Waals surface area contributed by atoms with Crippen LogP contribution in [0, 0.1) is 0 Å². The van der Waals surface area contributed by atoms with E-state index >= 15 is 0 Å². The van der Waals surface area contributed by atoms with Crippen molar-refractivity contribution in [1.82, 2.24) is 5.32 Å². The number of fused-ring (bicyclic) bond motifs is 1. The van der Waals surface area contributed by atoms with Crippen molar-refractivity contribution in [2.24, 2.45) is 0 Å². The first-order chi connectivity index (χ1) is 10.4. The van der Waals surface area contributed by atoms with E-state index in [4.69, 9.17) is 4.74 Å². The molecule has 0 aromatic heterocycles. The Morgan fingerprint density at radius 3 is 2.67 bits per heavy atom. The minimum Gasteiger partial charge on any atom is -0.369 e. The van der Waals surface area contributed by atoms with Gasteiger partial charge in [0.2, 0.25) is 0 Å². The quantitative estimate of drug-likeness (QED) is 0.894. The van der Waals surface area contributed by atoms with Crippen molar-refractivity contribution < 1.29 is 4.74 Å². The standard InChI is InChI=1S/C19H23NO/c1-20-13-16-8-2-3-9-17(16)14-21-19-12-6-10-15-7-4-5-11-18(15)19/h2-5,7-9,11,19-20H,6,10,12-14H2,1H3. The van der Waals surface area contributed by atoms with Gasteiger partial charge in [-0.25, -0.2) is 0 Å². The zero-order chi connectivity index (χ0) is 14.5. The van der Waals surface area contributed by atoms with Crippen molar-refractivity contribution in [3.8, 4) is 0 Å². The van der Waals surface area contributed by atoms with Crippen LogP contribution >= 0.6 is 0 Å². The number of hydrogen-bond donors (Lipinski definition) is 1. The van der Waals surface area contributed by atoms with Crippen molar-refractivity contribution in [3.63, 3.8) is 0 Å². The molecule has 1 aliphatic carbocycles. The molecule has 21 heavy (non-hydrogen) atoms. The zero-order valence-corrected chi connectivity index (χ0v) is 12.6. The highest BCUT2D eigenvalue weighted by atomic mass is 16.5. The predicted molar refractivity (Wildman–Crippen MR) is 86.1 cm³/mol. The van der Waals surface area contributed by atoms with Gasteiger partial charge in [-0.15, -0.1) is 0 Å². The summed E-state index contributed by atoms with van der Waals surface area (Å²) in [5, 5.41) is 3.22. The molecule has 2 heteroatoms. The van der Waals surface area contributed by atoms with Gasteiger partial charge in [-0.3, -0.25) is 0 Å². The number of benzene rings is 2. The Kier molecular flexibility index (Phi) is 4.69. The SMILES string of the molecule is CNCc1ccccc1COC1CCCc2ccccc21. The van der Waals surface area contributed by atoms with Gasteiger partial charge in [0.1, 0.15) is 0 Å². The maximum Gasteiger partial charge on any atom is 0.0832 e. The molecule has 0 spiro atoms. The summed E-state index contributed by atoms with van der Waals surface area (Å²) in [6, 6.07) is 17.2. The first kappa shape index (κ1) is 14.3. The number of rotatable bonds is 5. The lowest BCUT2D eigenvalue weighted by Gasteiger charge is -2.26. The monoisotopic (exact) mass is 281 g/mol. The molecule has 110 valence electrons. The molecule has 1 aliphatic rings. The van der Waals surface area contributed by atoms with E-state index in [9.17, 15) is 0 Å². The molecule has 1 unspecified atom stereocenters. The summed E-state index contributed by atoms with van der Waals surface area (Å²) in [6.07, 6.45) is 3.79. The third-order valence-electron chi connectivity index (χ3n) is 4.24. The molecule has 0 bridgehead atoms. The number of nitrogens with one attached hydrogen (secondary N) is 1. The largest absolute Gasteiger partial charge is 0.369 e. The average Bonchev–Trinajstić information content (AvgIpc) is 2.54. The second kappa shape index (κ2) is 6.88. The van der Waals surface area contributed by atoms with Crippen LogP contribution in [0.15, 0.2) is 48.5 Å². The van der Waals surface area contributed by atoms with Crippen LogP contribution in [-0.2, 0) is 24.3 Å². The molecule has 0 saturated heterocycles. The molecule has 0 amide bonds. The Morgan fingerprint density at radius 2 is 1.81 bits per heavy atom. The van der Waals surface area contributed by atoms with Gasteiger partial charge in [0, 0.05) is 6.54 Å². The van der Waals surface area contributed by atoms with Gasteiger partial charge >= 0.3 is 0 Å². The smallest absolute Gasteiger partial charge is 0.0832 e. The Morgan fingerprint density at radius 1 is 1.05 bits per heavy atom. The van der Waals surface area contributed by atoms with E-state index in [1.54, 1.807) is 0 Å². The average molecular weight is 281 g/mol. The van der Waals surface area contributed by atoms with Crippen molar-refractivity contribution in [2.75, 3.05) is 7.05 Å². The molecule has 3 rings (SSSR count). The van der Waals surface area contributed by atoms with Gasteiger partial charge in [0.05, 0.1) is 12.7 Å². The van der Waals surface area contributed by atoms with Crippen molar-refractivity contribution in [2.45, 2.75) is 38.5 Å². The maximum atomic E-state index is 6.25. The Bertz CT molecular complexity index is 594. The summed E-state index contributed by atoms with van der Waals surface area (Å²) < 4.78 is 6.25. The number of hydrogen-bond acceptors (Lipinski definition) is 2. The van der Waals surface area contributed by atoms with Crippen LogP contribution in [0.1, 0.15) is 41.2 Å². The topological polar surface area (TPSA) is 21.3 Å². The van der Waals surface area contributed by atoms with Crippen molar-refractivity contribution >= 4 is 0 Å². The van der Waals surface area contributed by atoms with Crippen molar-refractivity contribution in [1.29, 1.82) is 0 Å². The van der Waals surface area contributed by atoms with Crippen molar-refractivity contribution in [3.05, 3.63) is 70.8 Å². The second-order valence-corrected chi connectivity index (χ2v) is 5.69. The van der Waals surface area contributed by atoms with Crippen LogP contribution in [-0.4, -0.2) is 7.05 Å². The van der Waals surface area contributed by atoms with Crippen LogP contribution in [0.25, 0.3) is 0 Å². The van der Waals surface area contributed by atoms with Gasteiger partial charge in [-0.05, 0) is 48.6 Å². The molecule has 0 heterocycles. The van der Waals surface area contributed by atoms with E-state index in [2.05, 4.69) is 53.8 Å². The fourth-order valence-corrected chi connectivity index (χ4v) is 3.13. The molecule has 0 saturated carbocycles. The van der Waals surface area contributed by atoms with Crippen LogP contribution in [0.4, 0.5) is 0 Å². The fraction of sp³-hybridized carbons (Fsp3) is 0.368. The summed E-state index contributed by atoms with van der Waals surface area (Å²) in [5.74, 6) is 0. The highest BCUT2D eigenvalue weighted by Crippen LogP contribution is 2.33. The molecular weight excluding hydrogens is 258 g/mol. The van der Waals surface area contributed by atoms with E-state index in [1.165, 1.54) is 35.1 Å². The lowest BCUT2D eigenvalue weighted by molar-refractivity contribution is 0.0279. The Labute approximate surface area is 127 Å². The molecular formula is C19H23NO. The molecule has 1 atom stereocenters. The molecule has 2 nitrogen and oxygen atoms in total. The zero-order valence-electron chi connectivity index (χ0n) is 12.6. The maximum absolute atomic E-state index is 6.25. The molecule has 0 fully saturated rings. The summed E-state index contributed by atoms with van der Waals surface area (Å²) >= 11 is 0. The van der Waals surface area contributed by atoms with E-state index in [0.717, 1.165) is 13.0 Å². The van der Waals surface area contributed by atoms with Gasteiger partial charge in [0.25, 0.3) is 0 Å². The summed E-state index contributed by atoms with van der Waals surface area (Å²) in [7, 11) is 1.98. The van der Waals surface area contributed by atoms with Crippen LogP contribution in [0.2, 0.25) is 0 Å². The number of aryl methyl sites for hydroxylation is 1. The fourth-order valence-electron chi connectivity index (χ4n) is 3.13. The lowest BCUT2D eigenvalue weighted by atomic mass is 9.89. The van der Waals surface area contributed by atoms with Gasteiger partial charge < -0.3 is 10.1 Å². The summed E-state index contributed by atoms with van der Waals surface area (Å²) in [5.41, 5.74) is 5.45. The van der Waals surface area contributed by atoms with E-state index < -0.39 is 0 Å². The highest BCUT2D eigenvalue weighted by molar-refractivity contribution is 5.31. The molecule has 0 radical (unpaired) electrons. The molecule has 0 aliphatic heterocycles. The summed E-state index contributed by atoms with van der Waals surface area (Å²) in [4.78, 5) is 0. The minimum atomic E-state index is 0.248. The van der Waals surface area contributed by atoms with Crippen LogP contribution < -0.4 is 5.32 Å². The number of ether oxygens (including phenoxy) is 1. The van der Waals surface area contributed by atoms with Crippen LogP contribution in [0.3, 0.4) is 0 Å². The lowest BCUT2D eigenvalue weighted by Crippen LogP contribution is -2.14. The Balaban J connectivity index is 1.72. The van der Waals surface area contributed by atoms with Crippen LogP contribution in [0.5, 0.6) is 0 Å². The van der Waals surface area contributed by atoms with E-state index in [0.29, 0.717) is 6.61 Å². The third kappa shape index (κ3) is 3.34. The van der Waals surface area contributed by atoms with Gasteiger partial charge in [-0.2, -0.15) is 0 Å². The third-order valence-corrected chi connectivity index (χ3v) is 4.24. The first-order valence-corrected chi connectivity index (χ1v) is 7.79. The second-order valence-electron chi connectivity index (χ2n) is 5.69. The summed E-state index contributed by atoms with van der Waals surface area (Å²) in [6.45, 7) is 1.58. The highest BCUT2D eigenvalue weighted by Gasteiger charge is 2.20. The molecule has 2 aromatic rings. The van der Waals surface area contributed by atoms with E-state index in [1.807, 2.05) is 7.05 Å². The first-order valence-electron chi connectivity index (χ1n) is 7.79. The molecule has 2 aromatic carbocycles. The Hall–Kier alpha value is -1.64. The van der Waals surface area contributed by atoms with Gasteiger partial charge in [-0.1, -0.05) is 48.5 Å². The minimum absolute atomic E-state index is 0.248. The predicted octanol–water partition coefficient (Wildman–Crippen LogP) is 4.00. The van der Waals surface area contributed by atoms with E-state index in [-0.39, 0.29) is 6.10 Å². The molecule has 1 N–H and O–H groups in total. The normalized spacial score (nSPS) is 17.5. The van der Waals surface area contributed by atoms with Gasteiger partial charge in [0.15, 0.2) is 0 Å².